The van der Waals surface area contributed by atoms with Gasteiger partial charge in [-0.25, -0.2) is 17.2 Å². The Morgan fingerprint density at radius 2 is 1.80 bits per heavy atom. The van der Waals surface area contributed by atoms with E-state index in [1.807, 2.05) is 6.92 Å². The van der Waals surface area contributed by atoms with Crippen LogP contribution in [0.2, 0.25) is 0 Å². The van der Waals surface area contributed by atoms with Crippen LogP contribution in [-0.4, -0.2) is 40.5 Å². The summed E-state index contributed by atoms with van der Waals surface area (Å²) >= 11 is 0. The number of aromatic nitrogens is 4. The molecule has 2 aromatic carbocycles. The van der Waals surface area contributed by atoms with Crippen LogP contribution in [0.4, 0.5) is 14.5 Å². The third kappa shape index (κ3) is 5.38. The molecule has 35 heavy (non-hydrogen) atoms. The van der Waals surface area contributed by atoms with E-state index >= 15 is 0 Å². The number of hydrogen-bond donors (Lipinski definition) is 2. The van der Waals surface area contributed by atoms with Gasteiger partial charge >= 0.3 is 0 Å². The molecular formula is C23H24F2N6O3S. The molecule has 0 aliphatic rings. The lowest BCUT2D eigenvalue weighted by molar-refractivity contribution is 0.439. The topological polar surface area (TPSA) is 111 Å². The van der Waals surface area contributed by atoms with Crippen LogP contribution in [0.15, 0.2) is 42.5 Å². The average molecular weight is 503 g/mol. The van der Waals surface area contributed by atoms with Crippen molar-refractivity contribution in [1.29, 1.82) is 0 Å². The maximum atomic E-state index is 14.3. The molecule has 2 aromatic heterocycles. The van der Waals surface area contributed by atoms with Crippen LogP contribution in [0.1, 0.15) is 25.2 Å². The maximum Gasteiger partial charge on any atom is 0.232 e. The van der Waals surface area contributed by atoms with Crippen molar-refractivity contribution in [2.24, 2.45) is 0 Å². The summed E-state index contributed by atoms with van der Waals surface area (Å²) in [5.74, 6) is -1.17. The molecule has 0 fully saturated rings. The molecule has 0 spiro atoms. The quantitative estimate of drug-likeness (QED) is 0.355. The van der Waals surface area contributed by atoms with E-state index in [2.05, 4.69) is 25.3 Å². The van der Waals surface area contributed by atoms with E-state index in [0.717, 1.165) is 24.2 Å². The lowest BCUT2D eigenvalue weighted by Crippen LogP contribution is -2.15. The zero-order chi connectivity index (χ0) is 25.2. The van der Waals surface area contributed by atoms with Gasteiger partial charge in [-0.2, -0.15) is 9.61 Å². The first-order valence-corrected chi connectivity index (χ1v) is 12.6. The first-order valence-electron chi connectivity index (χ1n) is 10.9. The molecule has 0 atom stereocenters. The SMILES string of the molecule is CCNCc1cc(-c2cc(NS(=O)(=O)CC)ccc2Oc2ccc(F)cc2F)nn2c(C)nnc12. The summed E-state index contributed by atoms with van der Waals surface area (Å²) in [4.78, 5) is 0. The van der Waals surface area contributed by atoms with Gasteiger partial charge in [0.25, 0.3) is 0 Å². The Morgan fingerprint density at radius 3 is 2.51 bits per heavy atom. The van der Waals surface area contributed by atoms with Gasteiger partial charge in [-0.05, 0) is 56.8 Å². The molecule has 12 heteroatoms. The zero-order valence-electron chi connectivity index (χ0n) is 19.3. The van der Waals surface area contributed by atoms with Crippen LogP contribution in [0.5, 0.6) is 11.5 Å². The van der Waals surface area contributed by atoms with Crippen molar-refractivity contribution in [3.8, 4) is 22.8 Å². The van der Waals surface area contributed by atoms with Gasteiger partial charge in [-0.15, -0.1) is 10.2 Å². The number of halogens is 2. The van der Waals surface area contributed by atoms with E-state index in [1.165, 1.54) is 25.1 Å². The van der Waals surface area contributed by atoms with Crippen molar-refractivity contribution in [1.82, 2.24) is 25.1 Å². The highest BCUT2D eigenvalue weighted by Gasteiger charge is 2.18. The molecule has 4 aromatic rings. The third-order valence-corrected chi connectivity index (χ3v) is 6.50. The van der Waals surface area contributed by atoms with E-state index in [9.17, 15) is 17.2 Å². The summed E-state index contributed by atoms with van der Waals surface area (Å²) in [7, 11) is -3.56. The first kappa shape index (κ1) is 24.5. The number of benzene rings is 2. The summed E-state index contributed by atoms with van der Waals surface area (Å²) in [5, 5.41) is 16.2. The molecule has 184 valence electrons. The standard InChI is InChI=1S/C23H24F2N6O3S/c1-4-26-13-15-10-20(29-31-14(3)27-28-23(15)31)18-12-17(30-35(32,33)5-2)7-9-21(18)34-22-8-6-16(24)11-19(22)25/h6-12,26,30H,4-5,13H2,1-3H3. The fraction of sp³-hybridized carbons (Fsp3) is 0.261. The number of ether oxygens (including phenoxy) is 1. The number of rotatable bonds is 9. The van der Waals surface area contributed by atoms with Crippen LogP contribution in [-0.2, 0) is 16.6 Å². The third-order valence-electron chi connectivity index (χ3n) is 5.19. The van der Waals surface area contributed by atoms with Gasteiger partial charge in [0.1, 0.15) is 11.6 Å². The molecule has 4 rings (SSSR count). The predicted molar refractivity (Wildman–Crippen MR) is 128 cm³/mol. The molecule has 0 radical (unpaired) electrons. The number of nitrogens with zero attached hydrogens (tertiary/aromatic N) is 4. The highest BCUT2D eigenvalue weighted by molar-refractivity contribution is 7.92. The first-order chi connectivity index (χ1) is 16.7. The molecule has 2 heterocycles. The van der Waals surface area contributed by atoms with Crippen molar-refractivity contribution in [2.45, 2.75) is 27.3 Å². The summed E-state index contributed by atoms with van der Waals surface area (Å²) in [6.45, 7) is 6.46. The number of aryl methyl sites for hydroxylation is 1. The number of anilines is 1. The second-order valence-electron chi connectivity index (χ2n) is 7.71. The molecule has 9 nitrogen and oxygen atoms in total. The van der Waals surface area contributed by atoms with Crippen LogP contribution in [0.25, 0.3) is 16.9 Å². The Kier molecular flexibility index (Phi) is 6.94. The van der Waals surface area contributed by atoms with E-state index < -0.39 is 21.7 Å². The van der Waals surface area contributed by atoms with Gasteiger partial charge in [-0.3, -0.25) is 4.72 Å². The van der Waals surface area contributed by atoms with Crippen LogP contribution < -0.4 is 14.8 Å². The van der Waals surface area contributed by atoms with Gasteiger partial charge in [0.2, 0.25) is 10.0 Å². The average Bonchev–Trinajstić information content (AvgIpc) is 3.20. The monoisotopic (exact) mass is 502 g/mol. The summed E-state index contributed by atoms with van der Waals surface area (Å²) in [6, 6.07) is 9.32. The molecule has 0 aliphatic heterocycles. The molecule has 0 bridgehead atoms. The van der Waals surface area contributed by atoms with Gasteiger partial charge in [0, 0.05) is 29.4 Å². The molecule has 2 N–H and O–H groups in total. The Morgan fingerprint density at radius 1 is 1.03 bits per heavy atom. The van der Waals surface area contributed by atoms with Crippen molar-refractivity contribution in [3.05, 3.63) is 65.5 Å². The molecule has 0 saturated carbocycles. The van der Waals surface area contributed by atoms with Crippen molar-refractivity contribution >= 4 is 21.4 Å². The summed E-state index contributed by atoms with van der Waals surface area (Å²) in [6.07, 6.45) is 0. The number of sulfonamides is 1. The Balaban J connectivity index is 1.88. The molecular weight excluding hydrogens is 478 g/mol. The van der Waals surface area contributed by atoms with Crippen molar-refractivity contribution in [3.63, 3.8) is 0 Å². The molecule has 0 aliphatic carbocycles. The van der Waals surface area contributed by atoms with E-state index in [0.29, 0.717) is 29.3 Å². The predicted octanol–water partition coefficient (Wildman–Crippen LogP) is 4.04. The summed E-state index contributed by atoms with van der Waals surface area (Å²) in [5.41, 5.74) is 2.46. The van der Waals surface area contributed by atoms with E-state index in [1.54, 1.807) is 23.6 Å². The highest BCUT2D eigenvalue weighted by atomic mass is 32.2. The lowest BCUT2D eigenvalue weighted by atomic mass is 10.1. The second-order valence-corrected chi connectivity index (χ2v) is 9.72. The fourth-order valence-electron chi connectivity index (χ4n) is 3.38. The van der Waals surface area contributed by atoms with Crippen molar-refractivity contribution in [2.75, 3.05) is 17.0 Å². The molecule has 0 amide bonds. The second kappa shape index (κ2) is 9.92. The Labute approximate surface area is 201 Å². The minimum Gasteiger partial charge on any atom is -0.454 e. The Hall–Kier alpha value is -3.64. The Bertz CT molecular complexity index is 1490. The molecule has 0 unspecified atom stereocenters. The van der Waals surface area contributed by atoms with Gasteiger partial charge < -0.3 is 10.1 Å². The van der Waals surface area contributed by atoms with E-state index in [-0.39, 0.29) is 22.9 Å². The smallest absolute Gasteiger partial charge is 0.232 e. The molecule has 0 saturated heterocycles. The summed E-state index contributed by atoms with van der Waals surface area (Å²) < 4.78 is 61.9. The van der Waals surface area contributed by atoms with Gasteiger partial charge in [0.15, 0.2) is 23.0 Å². The van der Waals surface area contributed by atoms with Crippen molar-refractivity contribution < 1.29 is 21.9 Å². The van der Waals surface area contributed by atoms with Crippen LogP contribution in [0.3, 0.4) is 0 Å². The van der Waals surface area contributed by atoms with Gasteiger partial charge in [-0.1, -0.05) is 6.92 Å². The number of hydrogen-bond acceptors (Lipinski definition) is 7. The lowest BCUT2D eigenvalue weighted by Gasteiger charge is -2.15. The van der Waals surface area contributed by atoms with Crippen LogP contribution in [0, 0.1) is 18.6 Å². The minimum atomic E-state index is -3.56. The normalized spacial score (nSPS) is 11.7. The number of nitrogens with one attached hydrogen (secondary N) is 2. The van der Waals surface area contributed by atoms with E-state index in [4.69, 9.17) is 4.74 Å². The zero-order valence-corrected chi connectivity index (χ0v) is 20.2. The van der Waals surface area contributed by atoms with Gasteiger partial charge in [0.05, 0.1) is 11.4 Å². The largest absolute Gasteiger partial charge is 0.454 e. The number of fused-ring (bicyclic) bond motifs is 1. The maximum absolute atomic E-state index is 14.3. The van der Waals surface area contributed by atoms with Crippen LogP contribution >= 0.6 is 0 Å². The fourth-order valence-corrected chi connectivity index (χ4v) is 4.01. The minimum absolute atomic E-state index is 0.113. The highest BCUT2D eigenvalue weighted by Crippen LogP contribution is 2.36.